The number of benzene rings is 1. The first-order chi connectivity index (χ1) is 8.22. The molecule has 0 unspecified atom stereocenters. The minimum atomic E-state index is 0.305. The first-order valence-corrected chi connectivity index (χ1v) is 6.21. The summed E-state index contributed by atoms with van der Waals surface area (Å²) in [6.45, 7) is 4.10. The fourth-order valence-corrected chi connectivity index (χ4v) is 2.23. The molecule has 17 heavy (non-hydrogen) atoms. The molecule has 0 spiro atoms. The van der Waals surface area contributed by atoms with Gasteiger partial charge in [-0.1, -0.05) is 43.3 Å². The van der Waals surface area contributed by atoms with Crippen LogP contribution in [-0.4, -0.2) is 5.78 Å². The lowest BCUT2D eigenvalue weighted by Gasteiger charge is -2.06. The minimum Gasteiger partial charge on any atom is -0.295 e. The minimum absolute atomic E-state index is 0.305. The highest BCUT2D eigenvalue weighted by Gasteiger charge is 2.17. The molecule has 0 saturated carbocycles. The number of allylic oxidation sites excluding steroid dienone is 4. The van der Waals surface area contributed by atoms with Gasteiger partial charge in [0.25, 0.3) is 0 Å². The predicted molar refractivity (Wildman–Crippen MR) is 71.7 cm³/mol. The van der Waals surface area contributed by atoms with Crippen LogP contribution in [0, 0.1) is 0 Å². The van der Waals surface area contributed by atoms with Gasteiger partial charge in [0.1, 0.15) is 0 Å². The number of carbonyl (C=O) groups excluding carboxylic acids is 1. The van der Waals surface area contributed by atoms with Crippen molar-refractivity contribution in [3.63, 3.8) is 0 Å². The Kier molecular flexibility index (Phi) is 3.58. The Balaban J connectivity index is 2.34. The maximum absolute atomic E-state index is 11.5. The van der Waals surface area contributed by atoms with Gasteiger partial charge in [-0.3, -0.25) is 4.79 Å². The molecule has 88 valence electrons. The van der Waals surface area contributed by atoms with Crippen molar-refractivity contribution < 1.29 is 4.79 Å². The van der Waals surface area contributed by atoms with E-state index in [0.29, 0.717) is 12.2 Å². The number of hydrogen-bond acceptors (Lipinski definition) is 1. The van der Waals surface area contributed by atoms with Crippen LogP contribution < -0.4 is 0 Å². The van der Waals surface area contributed by atoms with Crippen molar-refractivity contribution in [2.75, 3.05) is 0 Å². The molecular formula is C16H18O. The molecule has 1 nitrogen and oxygen atoms in total. The van der Waals surface area contributed by atoms with Gasteiger partial charge >= 0.3 is 0 Å². The Morgan fingerprint density at radius 1 is 1.24 bits per heavy atom. The molecule has 0 aliphatic heterocycles. The second-order valence-electron chi connectivity index (χ2n) is 4.46. The molecule has 0 aromatic heterocycles. The quantitative estimate of drug-likeness (QED) is 0.756. The van der Waals surface area contributed by atoms with Crippen LogP contribution in [0.2, 0.25) is 0 Å². The van der Waals surface area contributed by atoms with Crippen LogP contribution in [0.5, 0.6) is 0 Å². The fourth-order valence-electron chi connectivity index (χ4n) is 2.23. The largest absolute Gasteiger partial charge is 0.295 e. The van der Waals surface area contributed by atoms with Gasteiger partial charge in [0.05, 0.1) is 0 Å². The molecule has 1 aliphatic rings. The van der Waals surface area contributed by atoms with Crippen LogP contribution in [0.15, 0.2) is 47.6 Å². The molecule has 1 heteroatoms. The molecule has 1 aromatic carbocycles. The summed E-state index contributed by atoms with van der Waals surface area (Å²) in [5.74, 6) is 0.305. The lowest BCUT2D eigenvalue weighted by atomic mass is 9.99. The Labute approximate surface area is 103 Å². The second kappa shape index (κ2) is 5.13. The molecule has 1 aliphatic carbocycles. The SMILES string of the molecule is CC/C(=C/C1=C(C)C(=O)CC1)c1ccccc1. The van der Waals surface area contributed by atoms with Gasteiger partial charge in [-0.2, -0.15) is 0 Å². The van der Waals surface area contributed by atoms with Gasteiger partial charge in [-0.05, 0) is 42.0 Å². The van der Waals surface area contributed by atoms with Crippen molar-refractivity contribution in [3.8, 4) is 0 Å². The molecule has 0 N–H and O–H groups in total. The average molecular weight is 226 g/mol. The van der Waals surface area contributed by atoms with E-state index in [0.717, 1.165) is 18.4 Å². The fraction of sp³-hybridized carbons (Fsp3) is 0.312. The van der Waals surface area contributed by atoms with E-state index in [4.69, 9.17) is 0 Å². The Morgan fingerprint density at radius 3 is 2.47 bits per heavy atom. The van der Waals surface area contributed by atoms with Gasteiger partial charge in [0.2, 0.25) is 0 Å². The van der Waals surface area contributed by atoms with Crippen molar-refractivity contribution in [3.05, 3.63) is 53.1 Å². The van der Waals surface area contributed by atoms with Crippen LogP contribution in [-0.2, 0) is 4.79 Å². The molecular weight excluding hydrogens is 208 g/mol. The summed E-state index contributed by atoms with van der Waals surface area (Å²) in [4.78, 5) is 11.5. The normalized spacial score (nSPS) is 16.8. The topological polar surface area (TPSA) is 17.1 Å². The van der Waals surface area contributed by atoms with E-state index in [1.807, 2.05) is 13.0 Å². The lowest BCUT2D eigenvalue weighted by Crippen LogP contribution is -1.90. The summed E-state index contributed by atoms with van der Waals surface area (Å²) in [5, 5.41) is 0. The first-order valence-electron chi connectivity index (χ1n) is 6.21. The van der Waals surface area contributed by atoms with Crippen molar-refractivity contribution in [2.24, 2.45) is 0 Å². The Morgan fingerprint density at radius 2 is 1.94 bits per heavy atom. The number of hydrogen-bond donors (Lipinski definition) is 0. The van der Waals surface area contributed by atoms with Gasteiger partial charge in [0.15, 0.2) is 5.78 Å². The highest BCUT2D eigenvalue weighted by atomic mass is 16.1. The van der Waals surface area contributed by atoms with Crippen LogP contribution >= 0.6 is 0 Å². The maximum Gasteiger partial charge on any atom is 0.159 e. The molecule has 0 bridgehead atoms. The van der Waals surface area contributed by atoms with Crippen LogP contribution in [0.4, 0.5) is 0 Å². The smallest absolute Gasteiger partial charge is 0.159 e. The zero-order valence-electron chi connectivity index (χ0n) is 10.5. The highest BCUT2D eigenvalue weighted by molar-refractivity contribution is 5.99. The summed E-state index contributed by atoms with van der Waals surface area (Å²) in [6.07, 6.45) is 4.79. The van der Waals surface area contributed by atoms with E-state index in [9.17, 15) is 4.79 Å². The molecule has 0 amide bonds. The number of Topliss-reactive ketones (excluding diaryl/α,β-unsaturated/α-hetero) is 1. The third-order valence-corrected chi connectivity index (χ3v) is 3.40. The molecule has 1 aromatic rings. The number of rotatable bonds is 3. The lowest BCUT2D eigenvalue weighted by molar-refractivity contribution is -0.114. The summed E-state index contributed by atoms with van der Waals surface area (Å²) in [7, 11) is 0. The molecule has 2 rings (SSSR count). The standard InChI is InChI=1S/C16H18O/c1-3-13(14-7-5-4-6-8-14)11-15-9-10-16(17)12(15)2/h4-8,11H,3,9-10H2,1-2H3/b13-11-. The highest BCUT2D eigenvalue weighted by Crippen LogP contribution is 2.28. The van der Waals surface area contributed by atoms with Gasteiger partial charge in [-0.25, -0.2) is 0 Å². The van der Waals surface area contributed by atoms with Crippen molar-refractivity contribution in [1.29, 1.82) is 0 Å². The molecule has 0 fully saturated rings. The summed E-state index contributed by atoms with van der Waals surface area (Å²) in [5.41, 5.74) is 4.74. The molecule has 0 saturated heterocycles. The Bertz CT molecular complexity index is 478. The molecule has 0 atom stereocenters. The first kappa shape index (κ1) is 11.8. The summed E-state index contributed by atoms with van der Waals surface area (Å²) >= 11 is 0. The van der Waals surface area contributed by atoms with Crippen molar-refractivity contribution in [2.45, 2.75) is 33.1 Å². The zero-order valence-corrected chi connectivity index (χ0v) is 10.5. The number of ketones is 1. The van der Waals surface area contributed by atoms with E-state index in [-0.39, 0.29) is 0 Å². The van der Waals surface area contributed by atoms with Crippen molar-refractivity contribution >= 4 is 11.4 Å². The van der Waals surface area contributed by atoms with Gasteiger partial charge in [-0.15, -0.1) is 0 Å². The van der Waals surface area contributed by atoms with Crippen LogP contribution in [0.25, 0.3) is 5.57 Å². The van der Waals surface area contributed by atoms with E-state index < -0.39 is 0 Å². The average Bonchev–Trinajstić information content (AvgIpc) is 2.68. The predicted octanol–water partition coefficient (Wildman–Crippen LogP) is 4.16. The molecule has 0 radical (unpaired) electrons. The van der Waals surface area contributed by atoms with Crippen LogP contribution in [0.3, 0.4) is 0 Å². The van der Waals surface area contributed by atoms with E-state index in [2.05, 4.69) is 37.3 Å². The van der Waals surface area contributed by atoms with Gasteiger partial charge in [0, 0.05) is 6.42 Å². The Hall–Kier alpha value is -1.63. The second-order valence-corrected chi connectivity index (χ2v) is 4.46. The summed E-state index contributed by atoms with van der Waals surface area (Å²) < 4.78 is 0. The zero-order chi connectivity index (χ0) is 12.3. The van der Waals surface area contributed by atoms with E-state index in [1.165, 1.54) is 16.7 Å². The molecule has 0 heterocycles. The maximum atomic E-state index is 11.5. The van der Waals surface area contributed by atoms with Crippen LogP contribution in [0.1, 0.15) is 38.7 Å². The third kappa shape index (κ3) is 2.55. The van der Waals surface area contributed by atoms with E-state index in [1.54, 1.807) is 0 Å². The summed E-state index contributed by atoms with van der Waals surface area (Å²) in [6, 6.07) is 10.4. The van der Waals surface area contributed by atoms with Gasteiger partial charge < -0.3 is 0 Å². The van der Waals surface area contributed by atoms with Crippen molar-refractivity contribution in [1.82, 2.24) is 0 Å². The number of carbonyl (C=O) groups is 1. The third-order valence-electron chi connectivity index (χ3n) is 3.40. The van der Waals surface area contributed by atoms with E-state index >= 15 is 0 Å². The monoisotopic (exact) mass is 226 g/mol.